The number of hydrogen-bond acceptors (Lipinski definition) is 5. The van der Waals surface area contributed by atoms with Crippen molar-refractivity contribution in [1.82, 2.24) is 15.0 Å². The predicted octanol–water partition coefficient (Wildman–Crippen LogP) is 13.2. The van der Waals surface area contributed by atoms with Gasteiger partial charge in [0.1, 0.15) is 22.3 Å². The van der Waals surface area contributed by atoms with Crippen molar-refractivity contribution in [3.63, 3.8) is 0 Å². The van der Waals surface area contributed by atoms with Crippen LogP contribution in [0.2, 0.25) is 0 Å². The molecule has 0 fully saturated rings. The fourth-order valence-electron chi connectivity index (χ4n) is 7.76. The predicted molar refractivity (Wildman–Crippen MR) is 219 cm³/mol. The summed E-state index contributed by atoms with van der Waals surface area (Å²) in [5, 5.41) is 6.53. The molecule has 54 heavy (non-hydrogen) atoms. The van der Waals surface area contributed by atoms with Gasteiger partial charge in [-0.1, -0.05) is 140 Å². The van der Waals surface area contributed by atoms with Crippen LogP contribution in [0.4, 0.5) is 0 Å². The summed E-state index contributed by atoms with van der Waals surface area (Å²) in [5.41, 5.74) is 10.7. The van der Waals surface area contributed by atoms with Gasteiger partial charge < -0.3 is 8.83 Å². The Morgan fingerprint density at radius 1 is 0.296 bits per heavy atom. The molecule has 5 nitrogen and oxygen atoms in total. The lowest BCUT2D eigenvalue weighted by molar-refractivity contribution is 0.669. The molecule has 8 aromatic carbocycles. The van der Waals surface area contributed by atoms with Crippen LogP contribution in [0, 0.1) is 0 Å². The number of furan rings is 2. The molecule has 0 N–H and O–H groups in total. The second kappa shape index (κ2) is 12.1. The van der Waals surface area contributed by atoms with Gasteiger partial charge in [-0.2, -0.15) is 0 Å². The van der Waals surface area contributed by atoms with Gasteiger partial charge in [0.2, 0.25) is 0 Å². The van der Waals surface area contributed by atoms with Crippen LogP contribution in [0.1, 0.15) is 0 Å². The second-order valence-corrected chi connectivity index (χ2v) is 13.6. The minimum Gasteiger partial charge on any atom is -0.456 e. The van der Waals surface area contributed by atoms with E-state index >= 15 is 0 Å². The highest BCUT2D eigenvalue weighted by Gasteiger charge is 2.19. The zero-order valence-electron chi connectivity index (χ0n) is 28.9. The molecule has 0 aliphatic heterocycles. The molecule has 0 spiro atoms. The summed E-state index contributed by atoms with van der Waals surface area (Å²) in [6.07, 6.45) is 0. The molecular formula is C49H29N3O2. The Kier molecular flexibility index (Phi) is 6.79. The third-order valence-electron chi connectivity index (χ3n) is 10.3. The molecule has 0 radical (unpaired) electrons. The van der Waals surface area contributed by atoms with E-state index in [1.807, 2.05) is 66.7 Å². The van der Waals surface area contributed by atoms with Crippen LogP contribution >= 0.6 is 0 Å². The highest BCUT2D eigenvalue weighted by molar-refractivity contribution is 6.22. The second-order valence-electron chi connectivity index (χ2n) is 13.6. The average Bonchev–Trinajstić information content (AvgIpc) is 3.82. The van der Waals surface area contributed by atoms with Gasteiger partial charge in [-0.3, -0.25) is 0 Å². The number of benzene rings is 8. The van der Waals surface area contributed by atoms with Crippen LogP contribution in [0.3, 0.4) is 0 Å². The highest BCUT2D eigenvalue weighted by atomic mass is 16.3. The van der Waals surface area contributed by atoms with Crippen molar-refractivity contribution in [1.29, 1.82) is 0 Å². The summed E-state index contributed by atoms with van der Waals surface area (Å²) in [6, 6.07) is 60.5. The van der Waals surface area contributed by atoms with E-state index < -0.39 is 0 Å². The Bertz CT molecular complexity index is 3200. The third-order valence-corrected chi connectivity index (χ3v) is 10.3. The Balaban J connectivity index is 1.06. The first kappa shape index (κ1) is 30.3. The molecular weight excluding hydrogens is 663 g/mol. The summed E-state index contributed by atoms with van der Waals surface area (Å²) < 4.78 is 12.7. The van der Waals surface area contributed by atoms with E-state index in [1.165, 1.54) is 0 Å². The number of hydrogen-bond donors (Lipinski definition) is 0. The average molecular weight is 692 g/mol. The van der Waals surface area contributed by atoms with Gasteiger partial charge in [-0.15, -0.1) is 0 Å². The molecule has 0 bridgehead atoms. The van der Waals surface area contributed by atoms with Gasteiger partial charge in [0.25, 0.3) is 0 Å². The first-order valence-corrected chi connectivity index (χ1v) is 18.0. The van der Waals surface area contributed by atoms with E-state index in [-0.39, 0.29) is 0 Å². The summed E-state index contributed by atoms with van der Waals surface area (Å²) in [4.78, 5) is 15.1. The molecule has 0 aliphatic carbocycles. The molecule has 11 rings (SSSR count). The number of para-hydroxylation sites is 1. The number of rotatable bonds is 5. The Hall–Kier alpha value is -7.37. The Morgan fingerprint density at radius 2 is 0.833 bits per heavy atom. The standard InChI is InChI=1S/C49H29N3O2/c1-3-12-30(13-4-1)35-19-11-21-44-45(35)41-29-39(36-16-7-8-18-38(36)46(41)54-44)31-22-24-33(25-23-31)48-50-47(32-14-5-2-6-15-32)51-49(52-48)34-26-27-43-40(28-34)37-17-9-10-20-42(37)53-43/h1-29H. The largest absolute Gasteiger partial charge is 0.456 e. The minimum absolute atomic E-state index is 0.604. The molecule has 3 heterocycles. The van der Waals surface area contributed by atoms with E-state index in [0.717, 1.165) is 93.6 Å². The molecule has 252 valence electrons. The first-order valence-electron chi connectivity index (χ1n) is 18.0. The quantitative estimate of drug-likeness (QED) is 0.180. The topological polar surface area (TPSA) is 65.0 Å². The lowest BCUT2D eigenvalue weighted by Crippen LogP contribution is -2.00. The number of nitrogens with zero attached hydrogens (tertiary/aromatic N) is 3. The third kappa shape index (κ3) is 4.90. The van der Waals surface area contributed by atoms with Crippen molar-refractivity contribution in [3.8, 4) is 56.4 Å². The van der Waals surface area contributed by atoms with Crippen molar-refractivity contribution >= 4 is 54.6 Å². The van der Waals surface area contributed by atoms with E-state index in [9.17, 15) is 0 Å². The van der Waals surface area contributed by atoms with Gasteiger partial charge in [0, 0.05) is 43.6 Å². The Labute approximate surface area is 309 Å². The van der Waals surface area contributed by atoms with Crippen molar-refractivity contribution in [2.45, 2.75) is 0 Å². The number of aromatic nitrogens is 3. The summed E-state index contributed by atoms with van der Waals surface area (Å²) in [5.74, 6) is 1.83. The van der Waals surface area contributed by atoms with Crippen molar-refractivity contribution < 1.29 is 8.83 Å². The molecule has 3 aromatic heterocycles. The van der Waals surface area contributed by atoms with Gasteiger partial charge in [-0.25, -0.2) is 15.0 Å². The maximum absolute atomic E-state index is 6.60. The van der Waals surface area contributed by atoms with Crippen LogP contribution in [0.15, 0.2) is 185 Å². The van der Waals surface area contributed by atoms with Crippen molar-refractivity contribution in [3.05, 3.63) is 176 Å². The summed E-state index contributed by atoms with van der Waals surface area (Å²) in [6.45, 7) is 0. The molecule has 0 aliphatic rings. The SMILES string of the molecule is c1ccc(-c2nc(-c3ccc(-c4cc5c(oc6cccc(-c7ccccc7)c65)c5ccccc45)cc3)nc(-c3ccc4oc5ccccc5c4c3)n2)cc1. The molecule has 5 heteroatoms. The van der Waals surface area contributed by atoms with Crippen molar-refractivity contribution in [2.75, 3.05) is 0 Å². The van der Waals surface area contributed by atoms with Crippen LogP contribution in [0.25, 0.3) is 111 Å². The summed E-state index contributed by atoms with van der Waals surface area (Å²) in [7, 11) is 0. The first-order chi connectivity index (χ1) is 26.7. The minimum atomic E-state index is 0.604. The summed E-state index contributed by atoms with van der Waals surface area (Å²) >= 11 is 0. The monoisotopic (exact) mass is 691 g/mol. The van der Waals surface area contributed by atoms with Crippen LogP contribution in [0.5, 0.6) is 0 Å². The maximum atomic E-state index is 6.60. The fourth-order valence-corrected chi connectivity index (χ4v) is 7.76. The van der Waals surface area contributed by atoms with Gasteiger partial charge >= 0.3 is 0 Å². The highest BCUT2D eigenvalue weighted by Crippen LogP contribution is 2.43. The zero-order chi connectivity index (χ0) is 35.6. The molecule has 0 amide bonds. The van der Waals surface area contributed by atoms with Gasteiger partial charge in [0.05, 0.1) is 0 Å². The lowest BCUT2D eigenvalue weighted by atomic mass is 9.93. The fraction of sp³-hybridized carbons (Fsp3) is 0. The smallest absolute Gasteiger partial charge is 0.164 e. The van der Waals surface area contributed by atoms with Gasteiger partial charge in [0.15, 0.2) is 17.5 Å². The van der Waals surface area contributed by atoms with Crippen LogP contribution in [-0.4, -0.2) is 15.0 Å². The molecule has 0 saturated heterocycles. The normalized spacial score (nSPS) is 11.7. The molecule has 0 unspecified atom stereocenters. The van der Waals surface area contributed by atoms with E-state index in [1.54, 1.807) is 0 Å². The van der Waals surface area contributed by atoms with Gasteiger partial charge in [-0.05, 0) is 64.0 Å². The molecule has 0 saturated carbocycles. The number of fused-ring (bicyclic) bond motifs is 8. The molecule has 0 atom stereocenters. The van der Waals surface area contributed by atoms with Crippen molar-refractivity contribution in [2.24, 2.45) is 0 Å². The maximum Gasteiger partial charge on any atom is 0.164 e. The molecule has 11 aromatic rings. The van der Waals surface area contributed by atoms with E-state index in [4.69, 9.17) is 23.8 Å². The zero-order valence-corrected chi connectivity index (χ0v) is 28.9. The van der Waals surface area contributed by atoms with Crippen LogP contribution in [-0.2, 0) is 0 Å². The lowest BCUT2D eigenvalue weighted by Gasteiger charge is -2.11. The van der Waals surface area contributed by atoms with E-state index in [0.29, 0.717) is 17.5 Å². The van der Waals surface area contributed by atoms with Crippen LogP contribution < -0.4 is 0 Å². The van der Waals surface area contributed by atoms with E-state index in [2.05, 4.69) is 109 Å². The Morgan fingerprint density at radius 3 is 1.59 bits per heavy atom.